The summed E-state index contributed by atoms with van der Waals surface area (Å²) < 4.78 is 1.90. The highest BCUT2D eigenvalue weighted by Crippen LogP contribution is 2.43. The number of aromatic nitrogens is 6. The van der Waals surface area contributed by atoms with Gasteiger partial charge in [0, 0.05) is 50.1 Å². The molecule has 11 heteroatoms. The summed E-state index contributed by atoms with van der Waals surface area (Å²) in [6.45, 7) is 4.44. The standard InChI is InChI=1S/C24H26N10O/c1-13-9-20(28-14(2)27-13)30-21-10-18(22(32-31-21)24(35)25-3)29-17-8-6-7-15-16-11-26-34(5)19(16)12-33(4)23(15)17/h6-11H,12H2,1-5H3,(H,25,35)(H2,27,28,29,30,31). The Morgan fingerprint density at radius 2 is 1.80 bits per heavy atom. The van der Waals surface area contributed by atoms with Gasteiger partial charge < -0.3 is 20.9 Å². The van der Waals surface area contributed by atoms with Crippen LogP contribution in [-0.2, 0) is 13.6 Å². The number of amides is 1. The molecule has 3 aromatic heterocycles. The van der Waals surface area contributed by atoms with E-state index < -0.39 is 0 Å². The normalized spacial score (nSPS) is 12.1. The van der Waals surface area contributed by atoms with Gasteiger partial charge in [-0.15, -0.1) is 10.2 Å². The molecule has 35 heavy (non-hydrogen) atoms. The Bertz CT molecular complexity index is 1420. The van der Waals surface area contributed by atoms with Gasteiger partial charge in [-0.2, -0.15) is 5.10 Å². The van der Waals surface area contributed by atoms with Gasteiger partial charge in [-0.05, 0) is 19.9 Å². The third-order valence-corrected chi connectivity index (χ3v) is 5.88. The number of hydrogen-bond acceptors (Lipinski definition) is 9. The molecule has 3 N–H and O–H groups in total. The summed E-state index contributed by atoms with van der Waals surface area (Å²) in [6, 6.07) is 9.62. The smallest absolute Gasteiger partial charge is 0.273 e. The summed E-state index contributed by atoms with van der Waals surface area (Å²) in [7, 11) is 5.55. The third-order valence-electron chi connectivity index (χ3n) is 5.88. The van der Waals surface area contributed by atoms with E-state index in [0.29, 0.717) is 29.7 Å². The fourth-order valence-corrected chi connectivity index (χ4v) is 4.34. The fraction of sp³-hybridized carbons (Fsp3) is 0.250. The Labute approximate surface area is 202 Å². The largest absolute Gasteiger partial charge is 0.366 e. The molecule has 0 atom stereocenters. The van der Waals surface area contributed by atoms with E-state index in [9.17, 15) is 4.79 Å². The number of hydrogen-bond donors (Lipinski definition) is 3. The summed E-state index contributed by atoms with van der Waals surface area (Å²) in [4.78, 5) is 23.5. The number of nitrogens with zero attached hydrogens (tertiary/aromatic N) is 7. The Kier molecular flexibility index (Phi) is 5.51. The molecule has 0 bridgehead atoms. The van der Waals surface area contributed by atoms with Crippen molar-refractivity contribution in [3.05, 3.63) is 59.4 Å². The molecule has 178 valence electrons. The minimum atomic E-state index is -0.340. The minimum absolute atomic E-state index is 0.186. The molecule has 1 aromatic carbocycles. The predicted molar refractivity (Wildman–Crippen MR) is 134 cm³/mol. The van der Waals surface area contributed by atoms with E-state index in [1.165, 1.54) is 0 Å². The van der Waals surface area contributed by atoms with Gasteiger partial charge in [-0.1, -0.05) is 12.1 Å². The van der Waals surface area contributed by atoms with Crippen molar-refractivity contribution < 1.29 is 4.79 Å². The van der Waals surface area contributed by atoms with Crippen LogP contribution in [0.1, 0.15) is 27.7 Å². The maximum Gasteiger partial charge on any atom is 0.273 e. The number of aryl methyl sites for hydroxylation is 3. The summed E-state index contributed by atoms with van der Waals surface area (Å²) in [5, 5.41) is 22.1. The molecule has 0 saturated heterocycles. The van der Waals surface area contributed by atoms with Crippen LogP contribution in [0.15, 0.2) is 36.5 Å². The van der Waals surface area contributed by atoms with E-state index in [4.69, 9.17) is 0 Å². The van der Waals surface area contributed by atoms with Gasteiger partial charge in [0.15, 0.2) is 11.5 Å². The second-order valence-corrected chi connectivity index (χ2v) is 8.45. The van der Waals surface area contributed by atoms with Gasteiger partial charge in [0.2, 0.25) is 0 Å². The molecule has 0 aliphatic carbocycles. The predicted octanol–water partition coefficient (Wildman–Crippen LogP) is 3.08. The van der Waals surface area contributed by atoms with Gasteiger partial charge in [0.1, 0.15) is 11.6 Å². The van der Waals surface area contributed by atoms with Crippen molar-refractivity contribution in [3.8, 4) is 11.1 Å². The highest BCUT2D eigenvalue weighted by atomic mass is 16.1. The number of carbonyl (C=O) groups excluding carboxylic acids is 1. The van der Waals surface area contributed by atoms with Crippen LogP contribution in [0.5, 0.6) is 0 Å². The first-order chi connectivity index (χ1) is 16.8. The number of nitrogens with one attached hydrogen (secondary N) is 3. The van der Waals surface area contributed by atoms with Gasteiger partial charge >= 0.3 is 0 Å². The minimum Gasteiger partial charge on any atom is -0.366 e. The molecule has 1 amide bonds. The van der Waals surface area contributed by atoms with E-state index >= 15 is 0 Å². The molecule has 0 radical (unpaired) electrons. The molecular formula is C24H26N10O. The number of carbonyl (C=O) groups is 1. The van der Waals surface area contributed by atoms with Gasteiger partial charge in [-0.3, -0.25) is 9.48 Å². The van der Waals surface area contributed by atoms with Gasteiger partial charge in [-0.25, -0.2) is 9.97 Å². The molecule has 0 spiro atoms. The van der Waals surface area contributed by atoms with Crippen molar-refractivity contribution in [2.45, 2.75) is 20.4 Å². The first-order valence-electron chi connectivity index (χ1n) is 11.2. The van der Waals surface area contributed by atoms with Gasteiger partial charge in [0.05, 0.1) is 35.5 Å². The average Bonchev–Trinajstić information content (AvgIpc) is 3.19. The molecule has 0 fully saturated rings. The van der Waals surface area contributed by atoms with Crippen molar-refractivity contribution in [2.75, 3.05) is 29.6 Å². The zero-order chi connectivity index (χ0) is 24.7. The highest BCUT2D eigenvalue weighted by molar-refractivity contribution is 6.00. The van der Waals surface area contributed by atoms with Crippen molar-refractivity contribution >= 4 is 34.6 Å². The summed E-state index contributed by atoms with van der Waals surface area (Å²) in [5.74, 6) is 1.36. The Hall–Kier alpha value is -4.54. The number of rotatable bonds is 5. The Balaban J connectivity index is 1.56. The lowest BCUT2D eigenvalue weighted by Gasteiger charge is -2.30. The summed E-state index contributed by atoms with van der Waals surface area (Å²) >= 11 is 0. The van der Waals surface area contributed by atoms with Crippen LogP contribution in [-0.4, -0.2) is 49.9 Å². The molecule has 0 saturated carbocycles. The molecule has 5 rings (SSSR count). The number of benzene rings is 1. The van der Waals surface area contributed by atoms with Crippen molar-refractivity contribution in [1.29, 1.82) is 0 Å². The zero-order valence-corrected chi connectivity index (χ0v) is 20.2. The van der Waals surface area contributed by atoms with Crippen molar-refractivity contribution in [3.63, 3.8) is 0 Å². The second-order valence-electron chi connectivity index (χ2n) is 8.45. The molecule has 1 aliphatic rings. The van der Waals surface area contributed by atoms with Crippen LogP contribution in [0.4, 0.5) is 28.7 Å². The highest BCUT2D eigenvalue weighted by Gasteiger charge is 2.26. The lowest BCUT2D eigenvalue weighted by atomic mass is 9.98. The maximum atomic E-state index is 12.6. The zero-order valence-electron chi connectivity index (χ0n) is 20.2. The topological polar surface area (TPSA) is 126 Å². The van der Waals surface area contributed by atoms with E-state index in [0.717, 1.165) is 33.9 Å². The van der Waals surface area contributed by atoms with E-state index in [1.807, 2.05) is 57.0 Å². The van der Waals surface area contributed by atoms with E-state index in [2.05, 4.69) is 52.2 Å². The second kappa shape index (κ2) is 8.67. The van der Waals surface area contributed by atoms with Crippen LogP contribution in [0.2, 0.25) is 0 Å². The van der Waals surface area contributed by atoms with Crippen LogP contribution in [0.25, 0.3) is 11.1 Å². The SMILES string of the molecule is CNC(=O)c1nnc(Nc2cc(C)nc(C)n2)cc1Nc1cccc2c1N(C)Cc1c-2cnn1C. The van der Waals surface area contributed by atoms with Crippen molar-refractivity contribution in [2.24, 2.45) is 7.05 Å². The quantitative estimate of drug-likeness (QED) is 0.403. The monoisotopic (exact) mass is 470 g/mol. The van der Waals surface area contributed by atoms with Gasteiger partial charge in [0.25, 0.3) is 5.91 Å². The molecule has 4 aromatic rings. The van der Waals surface area contributed by atoms with Crippen LogP contribution in [0, 0.1) is 13.8 Å². The summed E-state index contributed by atoms with van der Waals surface area (Å²) in [6.07, 6.45) is 1.89. The molecule has 4 heterocycles. The third kappa shape index (κ3) is 4.12. The lowest BCUT2D eigenvalue weighted by Crippen LogP contribution is -2.25. The van der Waals surface area contributed by atoms with Crippen molar-refractivity contribution in [1.82, 2.24) is 35.3 Å². The van der Waals surface area contributed by atoms with Crippen LogP contribution < -0.4 is 20.9 Å². The van der Waals surface area contributed by atoms with Crippen LogP contribution in [0.3, 0.4) is 0 Å². The number of fused-ring (bicyclic) bond motifs is 3. The number of anilines is 5. The van der Waals surface area contributed by atoms with E-state index in [-0.39, 0.29) is 11.6 Å². The molecular weight excluding hydrogens is 444 g/mol. The molecule has 11 nitrogen and oxygen atoms in total. The lowest BCUT2D eigenvalue weighted by molar-refractivity contribution is 0.0958. The Morgan fingerprint density at radius 1 is 0.971 bits per heavy atom. The van der Waals surface area contributed by atoms with Crippen LogP contribution >= 0.6 is 0 Å². The average molecular weight is 471 g/mol. The Morgan fingerprint density at radius 3 is 2.57 bits per heavy atom. The first kappa shape index (κ1) is 22.3. The summed E-state index contributed by atoms with van der Waals surface area (Å²) in [5.41, 5.74) is 6.72. The van der Waals surface area contributed by atoms with E-state index in [1.54, 1.807) is 13.1 Å². The fourth-order valence-electron chi connectivity index (χ4n) is 4.34. The molecule has 1 aliphatic heterocycles. The first-order valence-corrected chi connectivity index (χ1v) is 11.2. The number of para-hydroxylation sites is 1. The molecule has 0 unspecified atom stereocenters. The maximum absolute atomic E-state index is 12.6.